The second kappa shape index (κ2) is 4.49. The van der Waals surface area contributed by atoms with E-state index in [1.807, 2.05) is 13.0 Å². The van der Waals surface area contributed by atoms with Crippen LogP contribution in [0.4, 0.5) is 0 Å². The molecule has 0 bridgehead atoms. The van der Waals surface area contributed by atoms with Gasteiger partial charge in [0.15, 0.2) is 0 Å². The van der Waals surface area contributed by atoms with E-state index in [9.17, 15) is 4.79 Å². The summed E-state index contributed by atoms with van der Waals surface area (Å²) in [7, 11) is 0. The van der Waals surface area contributed by atoms with Gasteiger partial charge in [0.05, 0.1) is 5.54 Å². The molecule has 2 unspecified atom stereocenters. The molecule has 0 heterocycles. The fourth-order valence-corrected chi connectivity index (χ4v) is 2.12. The van der Waals surface area contributed by atoms with E-state index in [1.54, 1.807) is 6.92 Å². The van der Waals surface area contributed by atoms with E-state index in [4.69, 9.17) is 5.73 Å². The van der Waals surface area contributed by atoms with E-state index >= 15 is 0 Å². The Bertz CT molecular complexity index is 426. The Morgan fingerprint density at radius 3 is 2.88 bits per heavy atom. The normalized spacial score (nSPS) is 21.0. The van der Waals surface area contributed by atoms with Crippen LogP contribution in [-0.2, 0) is 11.2 Å². The zero-order valence-corrected chi connectivity index (χ0v) is 10.5. The third-order valence-electron chi connectivity index (χ3n) is 3.72. The van der Waals surface area contributed by atoms with Gasteiger partial charge in [-0.1, -0.05) is 31.2 Å². The molecule has 1 aliphatic carbocycles. The van der Waals surface area contributed by atoms with E-state index in [1.165, 1.54) is 11.1 Å². The maximum absolute atomic E-state index is 11.8. The van der Waals surface area contributed by atoms with Gasteiger partial charge < -0.3 is 11.1 Å². The molecule has 92 valence electrons. The molecule has 0 saturated heterocycles. The Balaban J connectivity index is 1.88. The van der Waals surface area contributed by atoms with Gasteiger partial charge in [-0.2, -0.15) is 0 Å². The highest BCUT2D eigenvalue weighted by Crippen LogP contribution is 2.34. The molecule has 3 nitrogen and oxygen atoms in total. The van der Waals surface area contributed by atoms with Crippen LogP contribution < -0.4 is 11.1 Å². The van der Waals surface area contributed by atoms with E-state index in [2.05, 4.69) is 23.5 Å². The quantitative estimate of drug-likeness (QED) is 0.828. The Labute approximate surface area is 102 Å². The minimum absolute atomic E-state index is 0.0515. The molecule has 1 aromatic carbocycles. The van der Waals surface area contributed by atoms with Crippen molar-refractivity contribution < 1.29 is 4.79 Å². The predicted molar refractivity (Wildman–Crippen MR) is 68.8 cm³/mol. The molecule has 3 N–H and O–H groups in total. The highest BCUT2D eigenvalue weighted by Gasteiger charge is 2.29. The summed E-state index contributed by atoms with van der Waals surface area (Å²) >= 11 is 0. The summed E-state index contributed by atoms with van der Waals surface area (Å²) in [5.74, 6) is 0.409. The van der Waals surface area contributed by atoms with E-state index < -0.39 is 5.54 Å². The summed E-state index contributed by atoms with van der Waals surface area (Å²) in [6.45, 7) is 4.40. The van der Waals surface area contributed by atoms with Crippen LogP contribution in [0, 0.1) is 0 Å². The van der Waals surface area contributed by atoms with Gasteiger partial charge in [0.25, 0.3) is 0 Å². The first-order chi connectivity index (χ1) is 8.04. The second-order valence-corrected chi connectivity index (χ2v) is 5.08. The number of hydrogen-bond donors (Lipinski definition) is 2. The van der Waals surface area contributed by atoms with Crippen LogP contribution in [0.15, 0.2) is 24.3 Å². The Hall–Kier alpha value is -1.35. The number of rotatable bonds is 4. The smallest absolute Gasteiger partial charge is 0.239 e. The lowest BCUT2D eigenvalue weighted by Crippen LogP contribution is -2.52. The van der Waals surface area contributed by atoms with Gasteiger partial charge in [-0.05, 0) is 30.9 Å². The van der Waals surface area contributed by atoms with Gasteiger partial charge in [0, 0.05) is 12.5 Å². The third kappa shape index (κ3) is 2.34. The minimum atomic E-state index is -0.747. The van der Waals surface area contributed by atoms with Crippen LogP contribution in [-0.4, -0.2) is 18.0 Å². The van der Waals surface area contributed by atoms with Crippen molar-refractivity contribution in [2.75, 3.05) is 6.54 Å². The summed E-state index contributed by atoms with van der Waals surface area (Å²) in [5, 5.41) is 2.95. The average Bonchev–Trinajstić information content (AvgIpc) is 2.30. The lowest BCUT2D eigenvalue weighted by molar-refractivity contribution is -0.125. The van der Waals surface area contributed by atoms with Crippen LogP contribution in [0.3, 0.4) is 0 Å². The first kappa shape index (κ1) is 12.1. The summed E-state index contributed by atoms with van der Waals surface area (Å²) < 4.78 is 0. The maximum Gasteiger partial charge on any atom is 0.239 e. The van der Waals surface area contributed by atoms with Gasteiger partial charge in [0.2, 0.25) is 5.91 Å². The van der Waals surface area contributed by atoms with Gasteiger partial charge in [-0.25, -0.2) is 0 Å². The fraction of sp³-hybridized carbons (Fsp3) is 0.500. The molecule has 0 spiro atoms. The van der Waals surface area contributed by atoms with E-state index in [-0.39, 0.29) is 5.91 Å². The average molecular weight is 232 g/mol. The van der Waals surface area contributed by atoms with Crippen molar-refractivity contribution in [3.05, 3.63) is 35.4 Å². The number of nitrogens with two attached hydrogens (primary N) is 1. The predicted octanol–water partition coefficient (Wildman–Crippen LogP) is 1.57. The molecule has 2 atom stereocenters. The maximum atomic E-state index is 11.8. The molecule has 0 aliphatic heterocycles. The van der Waals surface area contributed by atoms with Crippen LogP contribution in [0.25, 0.3) is 0 Å². The van der Waals surface area contributed by atoms with Crippen molar-refractivity contribution in [3.8, 4) is 0 Å². The fourth-order valence-electron chi connectivity index (χ4n) is 2.12. The molecule has 3 heteroatoms. The summed E-state index contributed by atoms with van der Waals surface area (Å²) in [4.78, 5) is 11.8. The van der Waals surface area contributed by atoms with Crippen molar-refractivity contribution in [2.24, 2.45) is 5.73 Å². The molecular formula is C14H20N2O. The van der Waals surface area contributed by atoms with Crippen LogP contribution in [0.1, 0.15) is 37.3 Å². The number of hydrogen-bond acceptors (Lipinski definition) is 2. The van der Waals surface area contributed by atoms with E-state index in [0.717, 1.165) is 6.42 Å². The van der Waals surface area contributed by atoms with Gasteiger partial charge in [-0.15, -0.1) is 0 Å². The van der Waals surface area contributed by atoms with Crippen molar-refractivity contribution >= 4 is 5.91 Å². The summed E-state index contributed by atoms with van der Waals surface area (Å²) in [6.07, 6.45) is 1.71. The molecule has 0 aromatic heterocycles. The van der Waals surface area contributed by atoms with Gasteiger partial charge >= 0.3 is 0 Å². The number of benzene rings is 1. The monoisotopic (exact) mass is 232 g/mol. The lowest BCUT2D eigenvalue weighted by atomic mass is 9.77. The van der Waals surface area contributed by atoms with Crippen molar-refractivity contribution in [2.45, 2.75) is 38.1 Å². The highest BCUT2D eigenvalue weighted by molar-refractivity contribution is 5.85. The lowest BCUT2D eigenvalue weighted by Gasteiger charge is -2.31. The number of carbonyl (C=O) groups excluding carboxylic acids is 1. The third-order valence-corrected chi connectivity index (χ3v) is 3.72. The number of amides is 1. The zero-order chi connectivity index (χ0) is 12.5. The second-order valence-electron chi connectivity index (χ2n) is 5.08. The SMILES string of the molecule is CCC(C)(N)C(=O)NCC1Cc2ccccc21. The molecule has 0 fully saturated rings. The van der Waals surface area contributed by atoms with Crippen LogP contribution in [0.2, 0.25) is 0 Å². The van der Waals surface area contributed by atoms with Crippen molar-refractivity contribution in [3.63, 3.8) is 0 Å². The molecule has 1 aliphatic rings. The van der Waals surface area contributed by atoms with Gasteiger partial charge in [-0.3, -0.25) is 4.79 Å². The molecule has 2 rings (SSSR count). The Morgan fingerprint density at radius 1 is 1.53 bits per heavy atom. The number of nitrogens with one attached hydrogen (secondary N) is 1. The largest absolute Gasteiger partial charge is 0.354 e. The highest BCUT2D eigenvalue weighted by atomic mass is 16.2. The first-order valence-electron chi connectivity index (χ1n) is 6.19. The van der Waals surface area contributed by atoms with Gasteiger partial charge in [0.1, 0.15) is 0 Å². The van der Waals surface area contributed by atoms with Crippen LogP contribution >= 0.6 is 0 Å². The standard InChI is InChI=1S/C14H20N2O/c1-3-14(2,15)13(17)16-9-11-8-10-6-4-5-7-12(10)11/h4-7,11H,3,8-9,15H2,1-2H3,(H,16,17). The van der Waals surface area contributed by atoms with Crippen molar-refractivity contribution in [1.29, 1.82) is 0 Å². The number of carbonyl (C=O) groups is 1. The minimum Gasteiger partial charge on any atom is -0.354 e. The van der Waals surface area contributed by atoms with Crippen LogP contribution in [0.5, 0.6) is 0 Å². The molecule has 0 saturated carbocycles. The topological polar surface area (TPSA) is 55.1 Å². The zero-order valence-electron chi connectivity index (χ0n) is 10.5. The molecule has 1 amide bonds. The van der Waals surface area contributed by atoms with Crippen molar-refractivity contribution in [1.82, 2.24) is 5.32 Å². The summed E-state index contributed by atoms with van der Waals surface area (Å²) in [6, 6.07) is 8.39. The Kier molecular flexibility index (Phi) is 3.20. The molecular weight excluding hydrogens is 212 g/mol. The number of fused-ring (bicyclic) bond motifs is 1. The molecule has 0 radical (unpaired) electrons. The van der Waals surface area contributed by atoms with E-state index in [0.29, 0.717) is 18.9 Å². The molecule has 17 heavy (non-hydrogen) atoms. The Morgan fingerprint density at radius 2 is 2.24 bits per heavy atom. The molecule has 1 aromatic rings. The summed E-state index contributed by atoms with van der Waals surface area (Å²) in [5.41, 5.74) is 7.91. The first-order valence-corrected chi connectivity index (χ1v) is 6.19.